The van der Waals surface area contributed by atoms with Crippen LogP contribution >= 0.6 is 0 Å². The van der Waals surface area contributed by atoms with E-state index in [2.05, 4.69) is 14.8 Å². The van der Waals surface area contributed by atoms with Crippen molar-refractivity contribution in [1.29, 1.82) is 0 Å². The van der Waals surface area contributed by atoms with Crippen molar-refractivity contribution in [2.45, 2.75) is 13.5 Å². The van der Waals surface area contributed by atoms with Crippen molar-refractivity contribution < 1.29 is 19.2 Å². The van der Waals surface area contributed by atoms with Crippen LogP contribution in [0.15, 0.2) is 24.5 Å². The van der Waals surface area contributed by atoms with Crippen LogP contribution in [0.25, 0.3) is 0 Å². The fraction of sp³-hybridized carbons (Fsp3) is 0.250. The Labute approximate surface area is 119 Å². The van der Waals surface area contributed by atoms with Crippen molar-refractivity contribution in [3.63, 3.8) is 0 Å². The molecule has 0 aliphatic heterocycles. The molecule has 0 spiro atoms. The molecule has 110 valence electrons. The Kier molecular flexibility index (Phi) is 4.12. The van der Waals surface area contributed by atoms with E-state index < -0.39 is 10.9 Å². The first kappa shape index (κ1) is 14.4. The zero-order valence-corrected chi connectivity index (χ0v) is 11.3. The Hall–Kier alpha value is -2.97. The second kappa shape index (κ2) is 5.99. The zero-order chi connectivity index (χ0) is 15.4. The highest BCUT2D eigenvalue weighted by Crippen LogP contribution is 2.25. The first-order valence-electron chi connectivity index (χ1n) is 5.99. The monoisotopic (exact) mass is 292 g/mol. The number of methoxy groups -OCH3 is 1. The van der Waals surface area contributed by atoms with Crippen molar-refractivity contribution in [2.75, 3.05) is 7.11 Å². The number of hydrogen-bond donors (Lipinski definition) is 0. The van der Waals surface area contributed by atoms with Gasteiger partial charge in [-0.15, -0.1) is 5.10 Å². The maximum atomic E-state index is 11.7. The minimum absolute atomic E-state index is 0.103. The van der Waals surface area contributed by atoms with Gasteiger partial charge in [0.15, 0.2) is 0 Å². The number of carbonyl (C=O) groups excluding carboxylic acids is 1. The van der Waals surface area contributed by atoms with Crippen molar-refractivity contribution in [3.05, 3.63) is 40.2 Å². The summed E-state index contributed by atoms with van der Waals surface area (Å²) in [6.07, 6.45) is 2.69. The lowest BCUT2D eigenvalue weighted by molar-refractivity contribution is -0.385. The van der Waals surface area contributed by atoms with E-state index in [1.807, 2.05) is 6.92 Å². The Morgan fingerprint density at radius 3 is 2.86 bits per heavy atom. The van der Waals surface area contributed by atoms with E-state index >= 15 is 0 Å². The van der Waals surface area contributed by atoms with Crippen molar-refractivity contribution >= 4 is 11.7 Å². The minimum Gasteiger partial charge on any atom is -0.465 e. The van der Waals surface area contributed by atoms with Crippen LogP contribution in [0.1, 0.15) is 17.3 Å². The van der Waals surface area contributed by atoms with Gasteiger partial charge in [0.2, 0.25) is 11.8 Å². The molecule has 2 aromatic rings. The molecular weight excluding hydrogens is 280 g/mol. The average Bonchev–Trinajstić information content (AvgIpc) is 2.94. The van der Waals surface area contributed by atoms with Gasteiger partial charge in [-0.05, 0) is 6.92 Å². The fourth-order valence-electron chi connectivity index (χ4n) is 1.55. The average molecular weight is 292 g/mol. The number of aromatic nitrogens is 3. The molecule has 0 aliphatic rings. The molecule has 21 heavy (non-hydrogen) atoms. The molecule has 0 unspecified atom stereocenters. The predicted octanol–water partition coefficient (Wildman–Crippen LogP) is 1.79. The molecular formula is C12H12N4O5. The second-order valence-electron chi connectivity index (χ2n) is 3.91. The van der Waals surface area contributed by atoms with E-state index in [4.69, 9.17) is 4.74 Å². The lowest BCUT2D eigenvalue weighted by Crippen LogP contribution is -2.06. The lowest BCUT2D eigenvalue weighted by Gasteiger charge is -2.06. The molecule has 0 saturated heterocycles. The highest BCUT2D eigenvalue weighted by atomic mass is 16.6. The van der Waals surface area contributed by atoms with Gasteiger partial charge in [0.1, 0.15) is 11.8 Å². The number of pyridine rings is 1. The number of nitrogens with zero attached hydrogens (tertiary/aromatic N) is 4. The molecule has 9 nitrogen and oxygen atoms in total. The van der Waals surface area contributed by atoms with Gasteiger partial charge < -0.3 is 9.47 Å². The largest absolute Gasteiger partial charge is 0.465 e. The summed E-state index contributed by atoms with van der Waals surface area (Å²) in [5.41, 5.74) is -0.473. The van der Waals surface area contributed by atoms with Crippen LogP contribution in [-0.2, 0) is 11.3 Å². The van der Waals surface area contributed by atoms with E-state index in [0.717, 1.165) is 19.4 Å². The number of carbonyl (C=O) groups is 1. The highest BCUT2D eigenvalue weighted by Gasteiger charge is 2.21. The van der Waals surface area contributed by atoms with Crippen LogP contribution < -0.4 is 4.74 Å². The molecule has 0 aromatic carbocycles. The summed E-state index contributed by atoms with van der Waals surface area (Å²) in [7, 11) is 1.16. The van der Waals surface area contributed by atoms with E-state index in [0.29, 0.717) is 6.54 Å². The third kappa shape index (κ3) is 3.14. The summed E-state index contributed by atoms with van der Waals surface area (Å²) in [5, 5.41) is 14.8. The van der Waals surface area contributed by atoms with Crippen LogP contribution in [-0.4, -0.2) is 32.8 Å². The van der Waals surface area contributed by atoms with Gasteiger partial charge in [-0.1, -0.05) is 0 Å². The van der Waals surface area contributed by atoms with Gasteiger partial charge >= 0.3 is 5.97 Å². The van der Waals surface area contributed by atoms with Gasteiger partial charge in [0, 0.05) is 24.9 Å². The first-order chi connectivity index (χ1) is 10.0. The summed E-state index contributed by atoms with van der Waals surface area (Å²) < 4.78 is 11.6. The van der Waals surface area contributed by atoms with Crippen molar-refractivity contribution in [1.82, 2.24) is 14.8 Å². The maximum Gasteiger partial charge on any atom is 0.343 e. The molecule has 0 N–H and O–H groups in total. The number of hydrogen-bond acceptors (Lipinski definition) is 7. The topological polar surface area (TPSA) is 109 Å². The smallest absolute Gasteiger partial charge is 0.343 e. The summed E-state index contributed by atoms with van der Waals surface area (Å²) in [5.74, 6) is -0.659. The Morgan fingerprint density at radius 1 is 1.52 bits per heavy atom. The molecule has 0 amide bonds. The molecule has 2 aromatic heterocycles. The molecule has 0 saturated carbocycles. The molecule has 2 rings (SSSR count). The molecule has 0 aliphatic carbocycles. The Bertz CT molecular complexity index is 682. The molecule has 0 bridgehead atoms. The third-order valence-electron chi connectivity index (χ3n) is 2.59. The van der Waals surface area contributed by atoms with Crippen molar-refractivity contribution in [2.24, 2.45) is 0 Å². The number of esters is 1. The number of aryl methyl sites for hydroxylation is 1. The summed E-state index contributed by atoms with van der Waals surface area (Å²) in [6.45, 7) is 2.56. The number of rotatable bonds is 5. The minimum atomic E-state index is -0.781. The van der Waals surface area contributed by atoms with E-state index in [9.17, 15) is 14.9 Å². The van der Waals surface area contributed by atoms with E-state index in [1.54, 1.807) is 16.9 Å². The first-order valence-corrected chi connectivity index (χ1v) is 5.99. The summed E-state index contributed by atoms with van der Waals surface area (Å²) in [4.78, 5) is 25.5. The van der Waals surface area contributed by atoms with Crippen LogP contribution in [0.4, 0.5) is 5.69 Å². The Balaban J connectivity index is 2.37. The van der Waals surface area contributed by atoms with E-state index in [1.165, 1.54) is 0 Å². The third-order valence-corrected chi connectivity index (χ3v) is 2.59. The van der Waals surface area contributed by atoms with Crippen LogP contribution in [0, 0.1) is 10.1 Å². The van der Waals surface area contributed by atoms with Crippen LogP contribution in [0.5, 0.6) is 11.8 Å². The highest BCUT2D eigenvalue weighted by molar-refractivity contribution is 5.92. The number of nitro groups is 1. The quantitative estimate of drug-likeness (QED) is 0.469. The second-order valence-corrected chi connectivity index (χ2v) is 3.91. The predicted molar refractivity (Wildman–Crippen MR) is 70.2 cm³/mol. The van der Waals surface area contributed by atoms with Gasteiger partial charge in [-0.25, -0.2) is 9.78 Å². The van der Waals surface area contributed by atoms with Crippen molar-refractivity contribution in [3.8, 4) is 11.8 Å². The van der Waals surface area contributed by atoms with Gasteiger partial charge in [-0.2, -0.15) is 0 Å². The maximum absolute atomic E-state index is 11.7. The molecule has 0 fully saturated rings. The molecule has 0 radical (unpaired) electrons. The molecule has 0 atom stereocenters. The van der Waals surface area contributed by atoms with Crippen LogP contribution in [0.2, 0.25) is 0 Å². The van der Waals surface area contributed by atoms with E-state index in [-0.39, 0.29) is 23.0 Å². The normalized spacial score (nSPS) is 10.2. The van der Waals surface area contributed by atoms with Crippen LogP contribution in [0.3, 0.4) is 0 Å². The summed E-state index contributed by atoms with van der Waals surface area (Å²) >= 11 is 0. The standard InChI is InChI=1S/C12H12N4O5/c1-3-15-5-4-10(14-15)21-11-9(12(17)20-2)6-8(7-13-11)16(18)19/h4-7H,3H2,1-2H3. The SMILES string of the molecule is CCn1ccc(Oc2ncc([N+](=O)[O-])cc2C(=O)OC)n1. The Morgan fingerprint density at radius 2 is 2.29 bits per heavy atom. The van der Waals surface area contributed by atoms with Gasteiger partial charge in [0.05, 0.1) is 12.0 Å². The zero-order valence-electron chi connectivity index (χ0n) is 11.3. The lowest BCUT2D eigenvalue weighted by atomic mass is 10.2. The molecule has 9 heteroatoms. The van der Waals surface area contributed by atoms with Gasteiger partial charge in [0.25, 0.3) is 5.69 Å². The number of ether oxygens (including phenoxy) is 2. The fourth-order valence-corrected chi connectivity index (χ4v) is 1.55. The molecule has 2 heterocycles. The van der Waals surface area contributed by atoms with Gasteiger partial charge in [-0.3, -0.25) is 14.8 Å². The summed E-state index contributed by atoms with van der Waals surface area (Å²) in [6, 6.07) is 2.64.